The van der Waals surface area contributed by atoms with E-state index in [-0.39, 0.29) is 17.4 Å². The molecule has 4 nitrogen and oxygen atoms in total. The van der Waals surface area contributed by atoms with E-state index in [2.05, 4.69) is 0 Å². The molecule has 0 bridgehead atoms. The lowest BCUT2D eigenvalue weighted by molar-refractivity contribution is -0.00987. The summed E-state index contributed by atoms with van der Waals surface area (Å²) < 4.78 is 24.0. The van der Waals surface area contributed by atoms with Crippen LogP contribution in [0.3, 0.4) is 0 Å². The van der Waals surface area contributed by atoms with Gasteiger partial charge in [0.1, 0.15) is 17.5 Å². The third kappa shape index (κ3) is 2.39. The van der Waals surface area contributed by atoms with Crippen molar-refractivity contribution < 1.29 is 18.3 Å². The molecule has 1 unspecified atom stereocenters. The number of hydrogen-bond donors (Lipinski definition) is 0. The van der Waals surface area contributed by atoms with Crippen molar-refractivity contribution >= 4 is 16.8 Å². The highest BCUT2D eigenvalue weighted by molar-refractivity contribution is 6.00. The number of carbonyl (C=O) groups is 1. The third-order valence-electron chi connectivity index (χ3n) is 3.28. The Morgan fingerprint density at radius 2 is 2.26 bits per heavy atom. The van der Waals surface area contributed by atoms with Crippen LogP contribution in [0.5, 0.6) is 0 Å². The van der Waals surface area contributed by atoms with Crippen LogP contribution in [0.25, 0.3) is 11.0 Å². The second-order valence-electron chi connectivity index (χ2n) is 4.78. The fraction of sp³-hybridized carbons (Fsp3) is 0.357. The number of ketones is 1. The Morgan fingerprint density at radius 1 is 1.42 bits per heavy atom. The van der Waals surface area contributed by atoms with Gasteiger partial charge in [-0.25, -0.2) is 4.39 Å². The van der Waals surface area contributed by atoms with E-state index < -0.39 is 6.10 Å². The largest absolute Gasteiger partial charge is 0.453 e. The maximum atomic E-state index is 13.1. The maximum Gasteiger partial charge on any atom is 0.227 e. The first-order chi connectivity index (χ1) is 9.13. The van der Waals surface area contributed by atoms with Crippen LogP contribution in [0.15, 0.2) is 28.7 Å². The Bertz CT molecular complexity index is 622. The zero-order valence-electron chi connectivity index (χ0n) is 10.6. The lowest BCUT2D eigenvalue weighted by atomic mass is 10.1. The number of benzene rings is 1. The molecule has 0 aliphatic carbocycles. The van der Waals surface area contributed by atoms with Crippen LogP contribution < -0.4 is 0 Å². The van der Waals surface area contributed by atoms with Gasteiger partial charge in [-0.15, -0.1) is 0 Å². The van der Waals surface area contributed by atoms with Crippen LogP contribution in [-0.2, 0) is 4.74 Å². The molecular formula is C14H14FNO3. The molecule has 2 heterocycles. The van der Waals surface area contributed by atoms with E-state index in [0.29, 0.717) is 24.1 Å². The molecule has 1 fully saturated rings. The lowest BCUT2D eigenvalue weighted by Gasteiger charge is -2.28. The lowest BCUT2D eigenvalue weighted by Crippen LogP contribution is -2.44. The number of Topliss-reactive ketones (excluding diaryl/α,β-unsaturated/α-hetero) is 1. The van der Waals surface area contributed by atoms with Crippen molar-refractivity contribution in [3.63, 3.8) is 0 Å². The average Bonchev–Trinajstić information content (AvgIpc) is 2.80. The first-order valence-electron chi connectivity index (χ1n) is 6.17. The molecule has 0 amide bonds. The first-order valence-corrected chi connectivity index (χ1v) is 6.17. The van der Waals surface area contributed by atoms with Crippen molar-refractivity contribution in [3.05, 3.63) is 35.8 Å². The van der Waals surface area contributed by atoms with Crippen LogP contribution in [0.1, 0.15) is 10.6 Å². The van der Waals surface area contributed by atoms with Gasteiger partial charge in [-0.3, -0.25) is 4.79 Å². The van der Waals surface area contributed by atoms with E-state index in [9.17, 15) is 9.18 Å². The molecule has 1 aromatic heterocycles. The van der Waals surface area contributed by atoms with Crippen molar-refractivity contribution in [2.24, 2.45) is 0 Å². The number of furan rings is 1. The van der Waals surface area contributed by atoms with Crippen LogP contribution >= 0.6 is 0 Å². The minimum atomic E-state index is -0.510. The second-order valence-corrected chi connectivity index (χ2v) is 4.78. The predicted octanol–water partition coefficient (Wildman–Crippen LogP) is 2.09. The first kappa shape index (κ1) is 12.3. The summed E-state index contributed by atoms with van der Waals surface area (Å²) in [5.74, 6) is -0.315. The number of carbonyl (C=O) groups excluding carboxylic acids is 1. The van der Waals surface area contributed by atoms with Gasteiger partial charge in [0.25, 0.3) is 0 Å². The van der Waals surface area contributed by atoms with E-state index >= 15 is 0 Å². The van der Waals surface area contributed by atoms with Gasteiger partial charge in [0, 0.05) is 18.5 Å². The molecule has 2 aromatic rings. The van der Waals surface area contributed by atoms with Crippen LogP contribution in [0.2, 0.25) is 0 Å². The van der Waals surface area contributed by atoms with E-state index in [1.807, 2.05) is 11.9 Å². The number of nitrogens with zero attached hydrogens (tertiary/aromatic N) is 1. The quantitative estimate of drug-likeness (QED) is 0.778. The summed E-state index contributed by atoms with van der Waals surface area (Å²) >= 11 is 0. The van der Waals surface area contributed by atoms with E-state index in [1.165, 1.54) is 18.2 Å². The number of rotatable bonds is 2. The van der Waals surface area contributed by atoms with Crippen LogP contribution in [-0.4, -0.2) is 43.5 Å². The Morgan fingerprint density at radius 3 is 3.05 bits per heavy atom. The number of fused-ring (bicyclic) bond motifs is 1. The molecule has 1 aliphatic heterocycles. The molecule has 0 spiro atoms. The van der Waals surface area contributed by atoms with Gasteiger partial charge in [-0.2, -0.15) is 0 Å². The Hall–Kier alpha value is -1.72. The highest BCUT2D eigenvalue weighted by Crippen LogP contribution is 2.22. The smallest absolute Gasteiger partial charge is 0.227 e. The zero-order valence-corrected chi connectivity index (χ0v) is 10.6. The van der Waals surface area contributed by atoms with Crippen molar-refractivity contribution in [3.8, 4) is 0 Å². The van der Waals surface area contributed by atoms with Crippen molar-refractivity contribution in [1.29, 1.82) is 0 Å². The zero-order chi connectivity index (χ0) is 13.4. The van der Waals surface area contributed by atoms with Gasteiger partial charge in [0.15, 0.2) is 5.76 Å². The van der Waals surface area contributed by atoms with E-state index in [4.69, 9.17) is 9.15 Å². The molecule has 1 saturated heterocycles. The maximum absolute atomic E-state index is 13.1. The van der Waals surface area contributed by atoms with Crippen LogP contribution in [0, 0.1) is 5.82 Å². The molecule has 1 aliphatic rings. The summed E-state index contributed by atoms with van der Waals surface area (Å²) in [5, 5.41) is 0.590. The molecule has 0 N–H and O–H groups in total. The average molecular weight is 263 g/mol. The Balaban J connectivity index is 1.88. The molecule has 5 heteroatoms. The van der Waals surface area contributed by atoms with Gasteiger partial charge in [-0.05, 0) is 31.3 Å². The van der Waals surface area contributed by atoms with E-state index in [0.717, 1.165) is 6.54 Å². The fourth-order valence-electron chi connectivity index (χ4n) is 2.23. The minimum absolute atomic E-state index is 0.192. The summed E-state index contributed by atoms with van der Waals surface area (Å²) in [4.78, 5) is 14.3. The van der Waals surface area contributed by atoms with Gasteiger partial charge in [0.2, 0.25) is 5.78 Å². The second kappa shape index (κ2) is 4.75. The summed E-state index contributed by atoms with van der Waals surface area (Å²) in [6.07, 6.45) is -0.510. The monoisotopic (exact) mass is 263 g/mol. The Labute approximate surface area is 109 Å². The van der Waals surface area contributed by atoms with Crippen LogP contribution in [0.4, 0.5) is 4.39 Å². The molecule has 0 radical (unpaired) electrons. The number of halogens is 1. The number of morpholine rings is 1. The van der Waals surface area contributed by atoms with Crippen molar-refractivity contribution in [1.82, 2.24) is 4.90 Å². The third-order valence-corrected chi connectivity index (χ3v) is 3.28. The molecule has 1 atom stereocenters. The highest BCUT2D eigenvalue weighted by Gasteiger charge is 2.28. The van der Waals surface area contributed by atoms with Gasteiger partial charge < -0.3 is 14.1 Å². The molecule has 19 heavy (non-hydrogen) atoms. The summed E-state index contributed by atoms with van der Waals surface area (Å²) in [6, 6.07) is 5.75. The molecular weight excluding hydrogens is 249 g/mol. The molecule has 100 valence electrons. The van der Waals surface area contributed by atoms with Gasteiger partial charge in [0.05, 0.1) is 6.61 Å². The summed E-state index contributed by atoms with van der Waals surface area (Å²) in [7, 11) is 1.94. The normalized spacial score (nSPS) is 20.8. The minimum Gasteiger partial charge on any atom is -0.453 e. The standard InChI is InChI=1S/C14H14FNO3/c1-16-4-5-18-13(8-16)14(17)12-7-9-6-10(15)2-3-11(9)19-12/h2-3,6-7,13H,4-5,8H2,1H3. The molecule has 1 aromatic carbocycles. The molecule has 3 rings (SSSR count). The molecule has 0 saturated carbocycles. The predicted molar refractivity (Wildman–Crippen MR) is 67.7 cm³/mol. The van der Waals surface area contributed by atoms with Crippen molar-refractivity contribution in [2.45, 2.75) is 6.10 Å². The number of likely N-dealkylation sites (N-methyl/N-ethyl adjacent to an activating group) is 1. The highest BCUT2D eigenvalue weighted by atomic mass is 19.1. The van der Waals surface area contributed by atoms with Gasteiger partial charge in [-0.1, -0.05) is 0 Å². The van der Waals surface area contributed by atoms with Gasteiger partial charge >= 0.3 is 0 Å². The number of ether oxygens (including phenoxy) is 1. The fourth-order valence-corrected chi connectivity index (χ4v) is 2.23. The SMILES string of the molecule is CN1CCOC(C(=O)c2cc3cc(F)ccc3o2)C1. The Kier molecular flexibility index (Phi) is 3.08. The number of hydrogen-bond acceptors (Lipinski definition) is 4. The topological polar surface area (TPSA) is 42.7 Å². The summed E-state index contributed by atoms with van der Waals surface area (Å²) in [5.41, 5.74) is 0.508. The van der Waals surface area contributed by atoms with Crippen molar-refractivity contribution in [2.75, 3.05) is 26.7 Å². The van der Waals surface area contributed by atoms with E-state index in [1.54, 1.807) is 6.07 Å². The summed E-state index contributed by atoms with van der Waals surface area (Å²) in [6.45, 7) is 1.89.